The number of ether oxygens (including phenoxy) is 1. The van der Waals surface area contributed by atoms with Gasteiger partial charge in [0, 0.05) is 25.7 Å². The molecule has 1 N–H and O–H groups in total. The first-order valence-electron chi connectivity index (χ1n) is 5.77. The van der Waals surface area contributed by atoms with Crippen LogP contribution in [0.5, 0.6) is 11.6 Å². The lowest BCUT2D eigenvalue weighted by molar-refractivity contribution is -0.119. The van der Waals surface area contributed by atoms with Crippen LogP contribution < -0.4 is 10.1 Å². The molecule has 5 heteroatoms. The molecule has 0 saturated carbocycles. The molecule has 0 aliphatic carbocycles. The summed E-state index contributed by atoms with van der Waals surface area (Å²) < 4.78 is 18.8. The Bertz CT molecular complexity index is 587. The topological polar surface area (TPSA) is 51.2 Å². The SMILES string of the molecule is CC(=O)NCc1ccnc(Oc2ccccc2F)c1. The normalized spacial score (nSPS) is 10.0. The minimum Gasteiger partial charge on any atom is -0.436 e. The zero-order chi connectivity index (χ0) is 13.7. The summed E-state index contributed by atoms with van der Waals surface area (Å²) in [5.74, 6) is -0.162. The third-order valence-electron chi connectivity index (χ3n) is 2.39. The van der Waals surface area contributed by atoms with Crippen LogP contribution in [-0.4, -0.2) is 10.9 Å². The van der Waals surface area contributed by atoms with Crippen molar-refractivity contribution in [2.45, 2.75) is 13.5 Å². The second-order valence-corrected chi connectivity index (χ2v) is 3.94. The van der Waals surface area contributed by atoms with Gasteiger partial charge in [0.2, 0.25) is 11.8 Å². The second-order valence-electron chi connectivity index (χ2n) is 3.94. The predicted molar refractivity (Wildman–Crippen MR) is 68.2 cm³/mol. The largest absolute Gasteiger partial charge is 0.436 e. The van der Waals surface area contributed by atoms with Crippen molar-refractivity contribution in [1.82, 2.24) is 10.3 Å². The Balaban J connectivity index is 2.11. The zero-order valence-electron chi connectivity index (χ0n) is 10.4. The first-order valence-corrected chi connectivity index (χ1v) is 5.77. The van der Waals surface area contributed by atoms with E-state index >= 15 is 0 Å². The van der Waals surface area contributed by atoms with Gasteiger partial charge < -0.3 is 10.1 Å². The number of amides is 1. The maximum Gasteiger partial charge on any atom is 0.219 e. The Hall–Kier alpha value is -2.43. The summed E-state index contributed by atoms with van der Waals surface area (Å²) in [6.07, 6.45) is 1.55. The molecule has 1 amide bonds. The van der Waals surface area contributed by atoms with Crippen LogP contribution in [0.3, 0.4) is 0 Å². The van der Waals surface area contributed by atoms with Gasteiger partial charge in [-0.1, -0.05) is 12.1 Å². The van der Waals surface area contributed by atoms with Crippen LogP contribution in [0.2, 0.25) is 0 Å². The molecular formula is C14H13FN2O2. The van der Waals surface area contributed by atoms with Crippen molar-refractivity contribution < 1.29 is 13.9 Å². The van der Waals surface area contributed by atoms with E-state index in [1.165, 1.54) is 19.1 Å². The summed E-state index contributed by atoms with van der Waals surface area (Å²) in [6.45, 7) is 1.82. The number of para-hydroxylation sites is 1. The number of nitrogens with one attached hydrogen (secondary N) is 1. The van der Waals surface area contributed by atoms with E-state index in [1.807, 2.05) is 0 Å². The highest BCUT2D eigenvalue weighted by Gasteiger charge is 2.05. The van der Waals surface area contributed by atoms with E-state index in [0.29, 0.717) is 6.54 Å². The number of pyridine rings is 1. The molecule has 1 heterocycles. The van der Waals surface area contributed by atoms with Gasteiger partial charge in [-0.25, -0.2) is 9.37 Å². The Labute approximate surface area is 110 Å². The second kappa shape index (κ2) is 5.95. The van der Waals surface area contributed by atoms with E-state index in [9.17, 15) is 9.18 Å². The molecule has 0 atom stereocenters. The van der Waals surface area contributed by atoms with E-state index in [4.69, 9.17) is 4.74 Å². The van der Waals surface area contributed by atoms with Crippen LogP contribution in [0.25, 0.3) is 0 Å². The molecule has 0 unspecified atom stereocenters. The van der Waals surface area contributed by atoms with Gasteiger partial charge in [-0.05, 0) is 23.8 Å². The van der Waals surface area contributed by atoms with E-state index < -0.39 is 5.82 Å². The molecule has 0 aliphatic rings. The maximum atomic E-state index is 13.4. The van der Waals surface area contributed by atoms with Gasteiger partial charge in [0.05, 0.1) is 0 Å². The lowest BCUT2D eigenvalue weighted by Gasteiger charge is -2.07. The van der Waals surface area contributed by atoms with Crippen molar-refractivity contribution in [3.8, 4) is 11.6 Å². The monoisotopic (exact) mass is 260 g/mol. The van der Waals surface area contributed by atoms with Gasteiger partial charge in [-0.2, -0.15) is 0 Å². The molecule has 0 fully saturated rings. The molecule has 0 radical (unpaired) electrons. The molecule has 0 bridgehead atoms. The van der Waals surface area contributed by atoms with Gasteiger partial charge >= 0.3 is 0 Å². The first kappa shape index (κ1) is 13.0. The third kappa shape index (κ3) is 3.77. The Morgan fingerprint density at radius 3 is 2.89 bits per heavy atom. The van der Waals surface area contributed by atoms with Crippen LogP contribution in [-0.2, 0) is 11.3 Å². The quantitative estimate of drug-likeness (QED) is 0.919. The molecular weight excluding hydrogens is 247 g/mol. The van der Waals surface area contributed by atoms with Gasteiger partial charge in [-0.15, -0.1) is 0 Å². The van der Waals surface area contributed by atoms with Crippen molar-refractivity contribution in [3.63, 3.8) is 0 Å². The number of nitrogens with zero attached hydrogens (tertiary/aromatic N) is 1. The average Bonchev–Trinajstić information content (AvgIpc) is 2.40. The molecule has 2 rings (SSSR count). The molecule has 1 aromatic heterocycles. The minimum absolute atomic E-state index is 0.117. The standard InChI is InChI=1S/C14H13FN2O2/c1-10(18)17-9-11-6-7-16-14(8-11)19-13-5-3-2-4-12(13)15/h2-8H,9H2,1H3,(H,17,18). The zero-order valence-corrected chi connectivity index (χ0v) is 10.4. The molecule has 1 aromatic carbocycles. The number of hydrogen-bond acceptors (Lipinski definition) is 3. The smallest absolute Gasteiger partial charge is 0.219 e. The highest BCUT2D eigenvalue weighted by Crippen LogP contribution is 2.22. The Morgan fingerprint density at radius 2 is 2.16 bits per heavy atom. The molecule has 0 saturated heterocycles. The number of carbonyl (C=O) groups is 1. The summed E-state index contributed by atoms with van der Waals surface area (Å²) in [7, 11) is 0. The van der Waals surface area contributed by atoms with Gasteiger partial charge in [-0.3, -0.25) is 4.79 Å². The van der Waals surface area contributed by atoms with Gasteiger partial charge in [0.1, 0.15) is 0 Å². The van der Waals surface area contributed by atoms with Crippen molar-refractivity contribution in [2.75, 3.05) is 0 Å². The fraction of sp³-hybridized carbons (Fsp3) is 0.143. The Morgan fingerprint density at radius 1 is 1.37 bits per heavy atom. The number of hydrogen-bond donors (Lipinski definition) is 1. The average molecular weight is 260 g/mol. The lowest BCUT2D eigenvalue weighted by Crippen LogP contribution is -2.18. The summed E-state index contributed by atoms with van der Waals surface area (Å²) in [4.78, 5) is 14.8. The minimum atomic E-state index is -0.448. The maximum absolute atomic E-state index is 13.4. The van der Waals surface area contributed by atoms with Gasteiger partial charge in [0.15, 0.2) is 11.6 Å². The van der Waals surface area contributed by atoms with Crippen LogP contribution in [0, 0.1) is 5.82 Å². The van der Waals surface area contributed by atoms with E-state index in [1.54, 1.807) is 30.5 Å². The van der Waals surface area contributed by atoms with Gasteiger partial charge in [0.25, 0.3) is 0 Å². The van der Waals surface area contributed by atoms with Crippen LogP contribution in [0.1, 0.15) is 12.5 Å². The number of halogens is 1. The number of benzene rings is 1. The van der Waals surface area contributed by atoms with E-state index in [2.05, 4.69) is 10.3 Å². The fourth-order valence-corrected chi connectivity index (χ4v) is 1.48. The van der Waals surface area contributed by atoms with Crippen LogP contribution >= 0.6 is 0 Å². The van der Waals surface area contributed by atoms with Crippen molar-refractivity contribution in [3.05, 3.63) is 54.0 Å². The summed E-state index contributed by atoms with van der Waals surface area (Å²) >= 11 is 0. The fourth-order valence-electron chi connectivity index (χ4n) is 1.48. The van der Waals surface area contributed by atoms with Crippen LogP contribution in [0.4, 0.5) is 4.39 Å². The Kier molecular flexibility index (Phi) is 4.07. The molecule has 4 nitrogen and oxygen atoms in total. The highest BCUT2D eigenvalue weighted by molar-refractivity contribution is 5.72. The molecule has 19 heavy (non-hydrogen) atoms. The summed E-state index contributed by atoms with van der Waals surface area (Å²) in [5.41, 5.74) is 0.830. The van der Waals surface area contributed by atoms with Crippen molar-refractivity contribution >= 4 is 5.91 Å². The number of rotatable bonds is 4. The predicted octanol–water partition coefficient (Wildman–Crippen LogP) is 2.65. The lowest BCUT2D eigenvalue weighted by atomic mass is 10.2. The highest BCUT2D eigenvalue weighted by atomic mass is 19.1. The van der Waals surface area contributed by atoms with Crippen molar-refractivity contribution in [1.29, 1.82) is 0 Å². The summed E-state index contributed by atoms with van der Waals surface area (Å²) in [5, 5.41) is 2.67. The van der Waals surface area contributed by atoms with Crippen molar-refractivity contribution in [2.24, 2.45) is 0 Å². The number of aromatic nitrogens is 1. The molecule has 0 spiro atoms. The molecule has 98 valence electrons. The number of carbonyl (C=O) groups excluding carboxylic acids is 1. The molecule has 0 aliphatic heterocycles. The third-order valence-corrected chi connectivity index (χ3v) is 2.39. The molecule has 2 aromatic rings. The summed E-state index contributed by atoms with van der Waals surface area (Å²) in [6, 6.07) is 9.52. The van der Waals surface area contributed by atoms with E-state index in [0.717, 1.165) is 5.56 Å². The van der Waals surface area contributed by atoms with Crippen LogP contribution in [0.15, 0.2) is 42.6 Å². The van der Waals surface area contributed by atoms with E-state index in [-0.39, 0.29) is 17.5 Å². The first-order chi connectivity index (χ1) is 9.15.